The molecule has 0 aliphatic heterocycles. The maximum atomic E-state index is 11.5. The van der Waals surface area contributed by atoms with Gasteiger partial charge < -0.3 is 0 Å². The second-order valence-corrected chi connectivity index (χ2v) is 7.50. The van der Waals surface area contributed by atoms with Crippen LogP contribution >= 0.6 is 11.3 Å². The van der Waals surface area contributed by atoms with Gasteiger partial charge in [-0.15, -0.1) is 11.3 Å². The molecule has 112 valence electrons. The normalized spacial score (nSPS) is 13.1. The Morgan fingerprint density at radius 3 is 2.43 bits per heavy atom. The maximum Gasteiger partial charge on any atom is 0.294 e. The van der Waals surface area contributed by atoms with Crippen molar-refractivity contribution in [2.24, 2.45) is 0 Å². The van der Waals surface area contributed by atoms with Gasteiger partial charge in [-0.25, -0.2) is 0 Å². The molecule has 0 saturated heterocycles. The number of carbonyl (C=O) groups is 1. The van der Waals surface area contributed by atoms with Gasteiger partial charge in [-0.2, -0.15) is 8.42 Å². The number of Topliss-reactive ketones (excluding diaryl/α,β-unsaturated/α-hetero) is 1. The standard InChI is InChI=1S/C15H16O4S2/c1-9-4-7-15(21(17,18)19)12(8-9)10(2)13-5-6-14(20-13)11(3)16/h4-8,10H,1-3H3,(H,17,18,19). The highest BCUT2D eigenvalue weighted by Gasteiger charge is 2.22. The van der Waals surface area contributed by atoms with E-state index in [-0.39, 0.29) is 16.6 Å². The van der Waals surface area contributed by atoms with Gasteiger partial charge in [0.1, 0.15) is 0 Å². The Hall–Kier alpha value is -1.50. The van der Waals surface area contributed by atoms with Gasteiger partial charge in [0.25, 0.3) is 10.1 Å². The van der Waals surface area contributed by atoms with Crippen LogP contribution in [-0.2, 0) is 10.1 Å². The van der Waals surface area contributed by atoms with Crippen LogP contribution in [0.2, 0.25) is 0 Å². The van der Waals surface area contributed by atoms with Crippen LogP contribution in [0.5, 0.6) is 0 Å². The molecule has 0 fully saturated rings. The van der Waals surface area contributed by atoms with E-state index in [4.69, 9.17) is 0 Å². The molecule has 1 aromatic carbocycles. The van der Waals surface area contributed by atoms with Crippen molar-refractivity contribution in [3.63, 3.8) is 0 Å². The van der Waals surface area contributed by atoms with Crippen LogP contribution in [0.3, 0.4) is 0 Å². The summed E-state index contributed by atoms with van der Waals surface area (Å²) < 4.78 is 32.4. The Morgan fingerprint density at radius 1 is 1.24 bits per heavy atom. The second kappa shape index (κ2) is 5.71. The number of hydrogen-bond acceptors (Lipinski definition) is 4. The molecule has 0 spiro atoms. The molecule has 0 saturated carbocycles. The summed E-state index contributed by atoms with van der Waals surface area (Å²) in [7, 11) is -4.28. The molecule has 0 bridgehead atoms. The quantitative estimate of drug-likeness (QED) is 0.688. The van der Waals surface area contributed by atoms with Crippen LogP contribution in [-0.4, -0.2) is 18.8 Å². The van der Waals surface area contributed by atoms with Gasteiger partial charge in [-0.3, -0.25) is 9.35 Å². The average Bonchev–Trinajstić information content (AvgIpc) is 2.86. The van der Waals surface area contributed by atoms with Crippen LogP contribution in [0.4, 0.5) is 0 Å². The third-order valence-electron chi connectivity index (χ3n) is 3.31. The highest BCUT2D eigenvalue weighted by Crippen LogP contribution is 2.34. The molecule has 2 rings (SSSR count). The number of rotatable bonds is 4. The molecular formula is C15H16O4S2. The topological polar surface area (TPSA) is 71.4 Å². The number of ketones is 1. The lowest BCUT2D eigenvalue weighted by Crippen LogP contribution is -2.06. The Kier molecular flexibility index (Phi) is 4.32. The molecule has 0 amide bonds. The van der Waals surface area contributed by atoms with Crippen molar-refractivity contribution in [3.05, 3.63) is 51.2 Å². The van der Waals surface area contributed by atoms with Crippen LogP contribution in [0.15, 0.2) is 35.2 Å². The maximum absolute atomic E-state index is 11.5. The first-order chi connectivity index (χ1) is 9.70. The first kappa shape index (κ1) is 15.9. The Labute approximate surface area is 128 Å². The third-order valence-corrected chi connectivity index (χ3v) is 5.61. The monoisotopic (exact) mass is 324 g/mol. The summed E-state index contributed by atoms with van der Waals surface area (Å²) in [6.45, 7) is 5.22. The summed E-state index contributed by atoms with van der Waals surface area (Å²) in [5, 5.41) is 0. The molecular weight excluding hydrogens is 308 g/mol. The molecule has 6 heteroatoms. The smallest absolute Gasteiger partial charge is 0.294 e. The Bertz CT molecular complexity index is 788. The van der Waals surface area contributed by atoms with Gasteiger partial charge >= 0.3 is 0 Å². The van der Waals surface area contributed by atoms with Gasteiger partial charge in [-0.05, 0) is 37.6 Å². The van der Waals surface area contributed by atoms with Gasteiger partial charge in [0.05, 0.1) is 9.77 Å². The SMILES string of the molecule is CC(=O)c1ccc(C(C)c2cc(C)ccc2S(=O)(=O)O)s1. The van der Waals surface area contributed by atoms with Gasteiger partial charge in [0.2, 0.25) is 0 Å². The Morgan fingerprint density at radius 2 is 1.90 bits per heavy atom. The lowest BCUT2D eigenvalue weighted by Gasteiger charge is -2.14. The van der Waals surface area contributed by atoms with E-state index in [2.05, 4.69) is 0 Å². The summed E-state index contributed by atoms with van der Waals surface area (Å²) in [5.41, 5.74) is 1.45. The molecule has 1 heterocycles. The number of thiophene rings is 1. The van der Waals surface area contributed by atoms with E-state index >= 15 is 0 Å². The molecule has 1 N–H and O–H groups in total. The lowest BCUT2D eigenvalue weighted by molar-refractivity contribution is 0.102. The van der Waals surface area contributed by atoms with E-state index < -0.39 is 10.1 Å². The van der Waals surface area contributed by atoms with Crippen LogP contribution in [0.25, 0.3) is 0 Å². The highest BCUT2D eigenvalue weighted by atomic mass is 32.2. The largest absolute Gasteiger partial charge is 0.294 e. The zero-order chi connectivity index (χ0) is 15.8. The molecule has 1 aromatic heterocycles. The van der Waals surface area contributed by atoms with Crippen molar-refractivity contribution in [3.8, 4) is 0 Å². The minimum absolute atomic E-state index is 0.0160. The zero-order valence-corrected chi connectivity index (χ0v) is 13.6. The highest BCUT2D eigenvalue weighted by molar-refractivity contribution is 7.85. The van der Waals surface area contributed by atoms with Crippen molar-refractivity contribution in [2.75, 3.05) is 0 Å². The molecule has 0 radical (unpaired) electrons. The van der Waals surface area contributed by atoms with E-state index in [0.717, 1.165) is 10.4 Å². The van der Waals surface area contributed by atoms with Crippen molar-refractivity contribution >= 4 is 27.2 Å². The molecule has 0 aliphatic carbocycles. The fraction of sp³-hybridized carbons (Fsp3) is 0.267. The Balaban J connectivity index is 2.54. The number of carbonyl (C=O) groups excluding carboxylic acids is 1. The van der Waals surface area contributed by atoms with E-state index in [1.54, 1.807) is 18.2 Å². The summed E-state index contributed by atoms with van der Waals surface area (Å²) in [6, 6.07) is 8.37. The average molecular weight is 324 g/mol. The summed E-state index contributed by atoms with van der Waals surface area (Å²) in [4.78, 5) is 12.8. The first-order valence-corrected chi connectivity index (χ1v) is 8.64. The molecule has 4 nitrogen and oxygen atoms in total. The second-order valence-electron chi connectivity index (χ2n) is 5.00. The van der Waals surface area contributed by atoms with E-state index in [9.17, 15) is 17.8 Å². The van der Waals surface area contributed by atoms with E-state index in [1.165, 1.54) is 24.3 Å². The van der Waals surface area contributed by atoms with Crippen molar-refractivity contribution in [2.45, 2.75) is 31.6 Å². The van der Waals surface area contributed by atoms with Crippen LogP contribution in [0, 0.1) is 6.92 Å². The van der Waals surface area contributed by atoms with Crippen molar-refractivity contribution < 1.29 is 17.8 Å². The zero-order valence-electron chi connectivity index (χ0n) is 12.0. The fourth-order valence-corrected chi connectivity index (χ4v) is 3.92. The molecule has 1 unspecified atom stereocenters. The van der Waals surface area contributed by atoms with Gasteiger partial charge in [0, 0.05) is 10.8 Å². The first-order valence-electron chi connectivity index (χ1n) is 6.39. The number of hydrogen-bond donors (Lipinski definition) is 1. The fourth-order valence-electron chi connectivity index (χ4n) is 2.17. The minimum Gasteiger partial charge on any atom is -0.294 e. The molecule has 0 aliphatic rings. The van der Waals surface area contributed by atoms with Crippen molar-refractivity contribution in [1.29, 1.82) is 0 Å². The summed E-state index contributed by atoms with van der Waals surface area (Å²) >= 11 is 1.34. The summed E-state index contributed by atoms with van der Waals surface area (Å²) in [5.74, 6) is -0.238. The van der Waals surface area contributed by atoms with E-state index in [1.807, 2.05) is 19.9 Å². The molecule has 2 aromatic rings. The van der Waals surface area contributed by atoms with Gasteiger partial charge in [-0.1, -0.05) is 24.6 Å². The van der Waals surface area contributed by atoms with Crippen molar-refractivity contribution in [1.82, 2.24) is 0 Å². The third kappa shape index (κ3) is 3.40. The summed E-state index contributed by atoms with van der Waals surface area (Å²) in [6.07, 6.45) is 0. The lowest BCUT2D eigenvalue weighted by atomic mass is 9.98. The van der Waals surface area contributed by atoms with Crippen LogP contribution < -0.4 is 0 Å². The van der Waals surface area contributed by atoms with E-state index in [0.29, 0.717) is 10.4 Å². The number of benzene rings is 1. The molecule has 21 heavy (non-hydrogen) atoms. The van der Waals surface area contributed by atoms with Crippen LogP contribution in [0.1, 0.15) is 45.4 Å². The minimum atomic E-state index is -4.28. The van der Waals surface area contributed by atoms with Gasteiger partial charge in [0.15, 0.2) is 5.78 Å². The predicted octanol–water partition coefficient (Wildman–Crippen LogP) is 3.66. The number of aryl methyl sites for hydroxylation is 1. The molecule has 1 atom stereocenters. The predicted molar refractivity (Wildman–Crippen MR) is 82.8 cm³/mol.